The molecule has 59 heavy (non-hydrogen) atoms. The van der Waals surface area contributed by atoms with Crippen molar-refractivity contribution < 1.29 is 20.1 Å². The predicted molar refractivity (Wildman–Crippen MR) is 259 cm³/mol. The third-order valence-electron chi connectivity index (χ3n) is 13.2. The lowest BCUT2D eigenvalue weighted by Crippen LogP contribution is -2.50. The largest absolute Gasteiger partial charge is 0.394 e. The van der Waals surface area contributed by atoms with Crippen LogP contribution < -0.4 is 5.32 Å². The molecule has 0 saturated heterocycles. The molecule has 0 bridgehead atoms. The molecule has 0 radical (unpaired) electrons. The van der Waals surface area contributed by atoms with E-state index >= 15 is 0 Å². The number of aliphatic hydroxyl groups is 3. The summed E-state index contributed by atoms with van der Waals surface area (Å²) in [5, 5.41) is 33.7. The van der Waals surface area contributed by atoms with Gasteiger partial charge in [-0.05, 0) is 12.8 Å². The van der Waals surface area contributed by atoms with Crippen molar-refractivity contribution in [3.05, 3.63) is 0 Å². The molecule has 0 aromatic rings. The van der Waals surface area contributed by atoms with Gasteiger partial charge in [0.2, 0.25) is 5.91 Å². The molecular formula is C54H109NO4. The Balaban J connectivity index is 3.47. The van der Waals surface area contributed by atoms with Crippen molar-refractivity contribution in [1.29, 1.82) is 0 Å². The van der Waals surface area contributed by atoms with Crippen LogP contribution in [0.4, 0.5) is 0 Å². The zero-order valence-corrected chi connectivity index (χ0v) is 40.4. The Morgan fingerprint density at radius 3 is 0.814 bits per heavy atom. The number of carbonyl (C=O) groups is 1. The first kappa shape index (κ1) is 58.4. The summed E-state index contributed by atoms with van der Waals surface area (Å²) in [6.07, 6.45) is 59.7. The molecule has 0 spiro atoms. The van der Waals surface area contributed by atoms with Gasteiger partial charge < -0.3 is 20.6 Å². The minimum Gasteiger partial charge on any atom is -0.394 e. The maximum atomic E-state index is 12.5. The van der Waals surface area contributed by atoms with Crippen molar-refractivity contribution in [3.8, 4) is 0 Å². The highest BCUT2D eigenvalue weighted by Crippen LogP contribution is 2.18. The number of carbonyl (C=O) groups excluding carboxylic acids is 1. The number of hydrogen-bond acceptors (Lipinski definition) is 4. The van der Waals surface area contributed by atoms with Gasteiger partial charge in [-0.1, -0.05) is 296 Å². The van der Waals surface area contributed by atoms with E-state index in [0.29, 0.717) is 12.8 Å². The molecule has 0 aromatic carbocycles. The standard InChI is InChI=1S/C54H109NO4/c1-3-5-7-9-11-13-15-17-19-21-22-23-24-25-26-27-28-29-30-31-32-33-35-37-39-41-43-45-47-49-53(58)55-51(50-56)54(59)52(57)48-46-44-42-40-38-36-34-20-18-16-14-12-10-8-6-4-2/h51-52,54,56-57,59H,3-50H2,1-2H3,(H,55,58). The molecule has 0 aliphatic rings. The van der Waals surface area contributed by atoms with E-state index in [1.165, 1.54) is 257 Å². The lowest BCUT2D eigenvalue weighted by Gasteiger charge is -2.26. The quantitative estimate of drug-likeness (QED) is 0.0460. The minimum atomic E-state index is -1.13. The van der Waals surface area contributed by atoms with Crippen LogP contribution in [0.5, 0.6) is 0 Å². The Kier molecular flexibility index (Phi) is 49.4. The molecule has 5 heteroatoms. The zero-order chi connectivity index (χ0) is 43.0. The lowest BCUT2D eigenvalue weighted by molar-refractivity contribution is -0.124. The Labute approximate surface area is 370 Å². The molecule has 0 aliphatic carbocycles. The van der Waals surface area contributed by atoms with Gasteiger partial charge in [0.25, 0.3) is 0 Å². The van der Waals surface area contributed by atoms with Crippen molar-refractivity contribution in [2.75, 3.05) is 6.61 Å². The smallest absolute Gasteiger partial charge is 0.220 e. The van der Waals surface area contributed by atoms with Crippen LogP contribution in [0.25, 0.3) is 0 Å². The summed E-state index contributed by atoms with van der Waals surface area (Å²) in [5.74, 6) is -0.136. The SMILES string of the molecule is CCCCCCCCCCCCCCCCCCCCCCCCCCCCCCCC(=O)NC(CO)C(O)C(O)CCCCCCCCCCCCCCCCCC. The molecule has 0 fully saturated rings. The van der Waals surface area contributed by atoms with Crippen molar-refractivity contribution in [2.45, 2.75) is 334 Å². The molecular weight excluding hydrogens is 727 g/mol. The fourth-order valence-corrected chi connectivity index (χ4v) is 8.99. The maximum Gasteiger partial charge on any atom is 0.220 e. The Hall–Kier alpha value is -0.650. The van der Waals surface area contributed by atoms with Crippen molar-refractivity contribution in [2.24, 2.45) is 0 Å². The van der Waals surface area contributed by atoms with E-state index in [0.717, 1.165) is 32.1 Å². The Bertz CT molecular complexity index is 792. The molecule has 5 nitrogen and oxygen atoms in total. The Morgan fingerprint density at radius 2 is 0.576 bits per heavy atom. The Morgan fingerprint density at radius 1 is 0.356 bits per heavy atom. The number of aliphatic hydroxyl groups excluding tert-OH is 3. The molecule has 0 aliphatic heterocycles. The molecule has 0 rings (SSSR count). The summed E-state index contributed by atoms with van der Waals surface area (Å²) in [4.78, 5) is 12.5. The molecule has 4 N–H and O–H groups in total. The van der Waals surface area contributed by atoms with Gasteiger partial charge in [-0.3, -0.25) is 4.79 Å². The normalized spacial score (nSPS) is 13.2. The van der Waals surface area contributed by atoms with Crippen LogP contribution in [0.2, 0.25) is 0 Å². The minimum absolute atomic E-state index is 0.136. The topological polar surface area (TPSA) is 89.8 Å². The maximum absolute atomic E-state index is 12.5. The van der Waals surface area contributed by atoms with E-state index in [9.17, 15) is 20.1 Å². The number of unbranched alkanes of at least 4 members (excludes halogenated alkanes) is 43. The molecule has 0 heterocycles. The molecule has 0 saturated carbocycles. The second-order valence-electron chi connectivity index (χ2n) is 19.2. The first-order valence-corrected chi connectivity index (χ1v) is 27.3. The number of nitrogens with one attached hydrogen (secondary N) is 1. The summed E-state index contributed by atoms with van der Waals surface area (Å²) in [6.45, 7) is 4.22. The highest BCUT2D eigenvalue weighted by molar-refractivity contribution is 5.76. The molecule has 354 valence electrons. The zero-order valence-electron chi connectivity index (χ0n) is 40.4. The van der Waals surface area contributed by atoms with Crippen molar-refractivity contribution >= 4 is 5.91 Å². The van der Waals surface area contributed by atoms with Gasteiger partial charge in [0.1, 0.15) is 6.10 Å². The van der Waals surface area contributed by atoms with Crippen LogP contribution in [0, 0.1) is 0 Å². The van der Waals surface area contributed by atoms with E-state index in [2.05, 4.69) is 19.2 Å². The number of rotatable bonds is 51. The third kappa shape index (κ3) is 45.2. The first-order valence-electron chi connectivity index (χ1n) is 27.3. The van der Waals surface area contributed by atoms with E-state index in [1.54, 1.807) is 0 Å². The van der Waals surface area contributed by atoms with E-state index in [4.69, 9.17) is 0 Å². The van der Waals surface area contributed by atoms with Gasteiger partial charge in [0.15, 0.2) is 0 Å². The van der Waals surface area contributed by atoms with Crippen LogP contribution in [0.1, 0.15) is 316 Å². The summed E-state index contributed by atoms with van der Waals surface area (Å²) in [7, 11) is 0. The van der Waals surface area contributed by atoms with Gasteiger partial charge in [-0.25, -0.2) is 0 Å². The van der Waals surface area contributed by atoms with E-state index in [1.807, 2.05) is 0 Å². The second-order valence-corrected chi connectivity index (χ2v) is 19.2. The van der Waals surface area contributed by atoms with Crippen molar-refractivity contribution in [3.63, 3.8) is 0 Å². The van der Waals surface area contributed by atoms with E-state index < -0.39 is 18.2 Å². The second kappa shape index (κ2) is 50.0. The highest BCUT2D eigenvalue weighted by atomic mass is 16.3. The van der Waals surface area contributed by atoms with Gasteiger partial charge in [-0.15, -0.1) is 0 Å². The predicted octanol–water partition coefficient (Wildman–Crippen LogP) is 16.6. The molecule has 3 unspecified atom stereocenters. The van der Waals surface area contributed by atoms with Gasteiger partial charge in [0.05, 0.1) is 18.8 Å². The fraction of sp³-hybridized carbons (Fsp3) is 0.981. The summed E-state index contributed by atoms with van der Waals surface area (Å²) >= 11 is 0. The van der Waals surface area contributed by atoms with Crippen LogP contribution >= 0.6 is 0 Å². The summed E-state index contributed by atoms with van der Waals surface area (Å²) in [6, 6.07) is -0.804. The summed E-state index contributed by atoms with van der Waals surface area (Å²) < 4.78 is 0. The molecule has 1 amide bonds. The lowest BCUT2D eigenvalue weighted by atomic mass is 9.99. The van der Waals surface area contributed by atoms with Crippen molar-refractivity contribution in [1.82, 2.24) is 5.32 Å². The van der Waals surface area contributed by atoms with Crippen LogP contribution in [-0.4, -0.2) is 46.1 Å². The number of amides is 1. The van der Waals surface area contributed by atoms with Crippen LogP contribution in [0.3, 0.4) is 0 Å². The average Bonchev–Trinajstić information content (AvgIpc) is 3.24. The summed E-state index contributed by atoms with van der Waals surface area (Å²) in [5.41, 5.74) is 0. The highest BCUT2D eigenvalue weighted by Gasteiger charge is 2.26. The van der Waals surface area contributed by atoms with Gasteiger partial charge in [-0.2, -0.15) is 0 Å². The van der Waals surface area contributed by atoms with Crippen LogP contribution in [-0.2, 0) is 4.79 Å². The van der Waals surface area contributed by atoms with Crippen LogP contribution in [0.15, 0.2) is 0 Å². The number of hydrogen-bond donors (Lipinski definition) is 4. The molecule has 3 atom stereocenters. The van der Waals surface area contributed by atoms with Gasteiger partial charge in [0, 0.05) is 6.42 Å². The average molecular weight is 836 g/mol. The monoisotopic (exact) mass is 836 g/mol. The molecule has 0 aromatic heterocycles. The van der Waals surface area contributed by atoms with Gasteiger partial charge >= 0.3 is 0 Å². The van der Waals surface area contributed by atoms with E-state index in [-0.39, 0.29) is 12.5 Å². The third-order valence-corrected chi connectivity index (χ3v) is 13.2. The fourth-order valence-electron chi connectivity index (χ4n) is 8.99. The first-order chi connectivity index (χ1) is 29.1.